The fraction of sp³-hybridized carbons (Fsp3) is 0.400. The Labute approximate surface area is 160 Å². The molecular weight excluding hydrogens is 369 g/mol. The van der Waals surface area contributed by atoms with E-state index in [0.717, 1.165) is 16.9 Å². The molecular formula is C20H20FNO4S. The second-order valence-electron chi connectivity index (χ2n) is 6.91. The molecule has 3 heterocycles. The van der Waals surface area contributed by atoms with E-state index in [1.165, 1.54) is 30.4 Å². The number of carbonyl (C=O) groups is 2. The second-order valence-corrected chi connectivity index (χ2v) is 8.00. The number of hydrogen-bond donors (Lipinski definition) is 1. The largest absolute Gasteiger partial charge is 0.487 e. The molecule has 1 fully saturated rings. The molecule has 2 aliphatic heterocycles. The first kappa shape index (κ1) is 18.1. The third-order valence-electron chi connectivity index (χ3n) is 4.89. The number of ether oxygens (including phenoxy) is 2. The molecule has 0 radical (unpaired) electrons. The number of benzene rings is 1. The van der Waals surface area contributed by atoms with Gasteiger partial charge in [-0.25, -0.2) is 4.39 Å². The van der Waals surface area contributed by atoms with Gasteiger partial charge in [-0.05, 0) is 37.6 Å². The maximum atomic E-state index is 14.1. The Morgan fingerprint density at radius 1 is 1.33 bits per heavy atom. The number of carbonyl (C=O) groups excluding carboxylic acids is 2. The van der Waals surface area contributed by atoms with Gasteiger partial charge in [-0.2, -0.15) is 0 Å². The summed E-state index contributed by atoms with van der Waals surface area (Å²) in [5, 5.41) is 2.91. The first-order valence-corrected chi connectivity index (χ1v) is 9.78. The number of ketones is 1. The summed E-state index contributed by atoms with van der Waals surface area (Å²) in [7, 11) is 0. The van der Waals surface area contributed by atoms with Crippen LogP contribution in [0.5, 0.6) is 5.75 Å². The molecule has 0 saturated carbocycles. The lowest BCUT2D eigenvalue weighted by molar-refractivity contribution is -0.125. The molecule has 1 aromatic heterocycles. The molecule has 1 amide bonds. The average molecular weight is 389 g/mol. The van der Waals surface area contributed by atoms with Crippen molar-refractivity contribution >= 4 is 23.0 Å². The van der Waals surface area contributed by atoms with E-state index in [4.69, 9.17) is 9.47 Å². The zero-order valence-corrected chi connectivity index (χ0v) is 15.7. The normalized spacial score (nSPS) is 21.0. The highest BCUT2D eigenvalue weighted by Gasteiger charge is 2.29. The zero-order valence-electron chi connectivity index (χ0n) is 14.9. The first-order valence-electron chi connectivity index (χ1n) is 8.97. The van der Waals surface area contributed by atoms with E-state index in [-0.39, 0.29) is 29.5 Å². The molecule has 1 saturated heterocycles. The molecule has 2 aromatic rings. The van der Waals surface area contributed by atoms with Crippen LogP contribution >= 0.6 is 11.3 Å². The fourth-order valence-electron chi connectivity index (χ4n) is 3.46. The van der Waals surface area contributed by atoms with Crippen molar-refractivity contribution in [2.75, 3.05) is 19.8 Å². The maximum Gasteiger partial charge on any atom is 0.225 e. The summed E-state index contributed by atoms with van der Waals surface area (Å²) in [5.74, 6) is 0.159. The molecule has 5 nitrogen and oxygen atoms in total. The second kappa shape index (κ2) is 7.40. The lowest BCUT2D eigenvalue weighted by atomic mass is 10.0. The number of amides is 1. The van der Waals surface area contributed by atoms with E-state index in [1.54, 1.807) is 6.07 Å². The monoisotopic (exact) mass is 389 g/mol. The summed E-state index contributed by atoms with van der Waals surface area (Å²) in [6.07, 6.45) is 1.04. The molecule has 1 aromatic carbocycles. The Morgan fingerprint density at radius 3 is 2.89 bits per heavy atom. The Kier molecular flexibility index (Phi) is 4.97. The Hall–Kier alpha value is -2.25. The highest BCUT2D eigenvalue weighted by molar-refractivity contribution is 7.17. The molecule has 27 heavy (non-hydrogen) atoms. The number of hydrogen-bond acceptors (Lipinski definition) is 5. The molecule has 4 rings (SSSR count). The highest BCUT2D eigenvalue weighted by atomic mass is 32.1. The third-order valence-corrected chi connectivity index (χ3v) is 6.10. The fourth-order valence-corrected chi connectivity index (χ4v) is 4.38. The summed E-state index contributed by atoms with van der Waals surface area (Å²) >= 11 is 1.33. The molecule has 0 aliphatic carbocycles. The molecule has 0 spiro atoms. The van der Waals surface area contributed by atoms with E-state index in [2.05, 4.69) is 5.32 Å². The molecule has 7 heteroatoms. The van der Waals surface area contributed by atoms with Crippen LogP contribution < -0.4 is 10.1 Å². The molecule has 2 aliphatic rings. The van der Waals surface area contributed by atoms with E-state index < -0.39 is 0 Å². The van der Waals surface area contributed by atoms with Gasteiger partial charge < -0.3 is 14.8 Å². The Balaban J connectivity index is 1.49. The van der Waals surface area contributed by atoms with Crippen LogP contribution in [0, 0.1) is 11.7 Å². The SMILES string of the molecule is CC(=O)c1ccc(-c2cc(F)cc3c2O[C@H](CNC(=O)[C@@H]2CCOC2)C3)s1. The molecule has 142 valence electrons. The predicted octanol–water partition coefficient (Wildman–Crippen LogP) is 3.21. The Bertz CT molecular complexity index is 888. The summed E-state index contributed by atoms with van der Waals surface area (Å²) in [6, 6.07) is 6.47. The van der Waals surface area contributed by atoms with Gasteiger partial charge in [0.25, 0.3) is 0 Å². The minimum atomic E-state index is -0.335. The van der Waals surface area contributed by atoms with Gasteiger partial charge in [0, 0.05) is 29.0 Å². The van der Waals surface area contributed by atoms with Gasteiger partial charge in [-0.1, -0.05) is 0 Å². The number of halogens is 1. The summed E-state index contributed by atoms with van der Waals surface area (Å²) < 4.78 is 25.4. The number of rotatable bonds is 5. The van der Waals surface area contributed by atoms with Crippen LogP contribution in [-0.2, 0) is 16.0 Å². The zero-order chi connectivity index (χ0) is 19.0. The third kappa shape index (κ3) is 3.75. The summed E-state index contributed by atoms with van der Waals surface area (Å²) in [6.45, 7) is 2.96. The van der Waals surface area contributed by atoms with Crippen LogP contribution in [0.25, 0.3) is 10.4 Å². The Morgan fingerprint density at radius 2 is 2.19 bits per heavy atom. The van der Waals surface area contributed by atoms with Gasteiger partial charge in [0.15, 0.2) is 5.78 Å². The van der Waals surface area contributed by atoms with Gasteiger partial charge in [0.2, 0.25) is 5.91 Å². The lowest BCUT2D eigenvalue weighted by Gasteiger charge is -2.15. The van der Waals surface area contributed by atoms with Crippen molar-refractivity contribution in [1.29, 1.82) is 0 Å². The van der Waals surface area contributed by atoms with Crippen LogP contribution in [0.2, 0.25) is 0 Å². The minimum Gasteiger partial charge on any atom is -0.487 e. The van der Waals surface area contributed by atoms with Crippen LogP contribution in [0.1, 0.15) is 28.6 Å². The molecule has 0 unspecified atom stereocenters. The van der Waals surface area contributed by atoms with Crippen LogP contribution in [0.3, 0.4) is 0 Å². The standard InChI is InChI=1S/C20H20FNO4S/c1-11(23)17-2-3-18(27-17)16-8-14(21)6-13-7-15(26-19(13)16)9-22-20(24)12-4-5-25-10-12/h2-3,6,8,12,15H,4-5,7,9-10H2,1H3,(H,22,24)/t12-,15+/m1/s1. The number of thiophene rings is 1. The van der Waals surface area contributed by atoms with Crippen LogP contribution in [0.15, 0.2) is 24.3 Å². The van der Waals surface area contributed by atoms with Gasteiger partial charge in [-0.15, -0.1) is 11.3 Å². The van der Waals surface area contributed by atoms with Crippen molar-refractivity contribution in [1.82, 2.24) is 5.32 Å². The highest BCUT2D eigenvalue weighted by Crippen LogP contribution is 2.42. The quantitative estimate of drug-likeness (QED) is 0.798. The van der Waals surface area contributed by atoms with Crippen LogP contribution in [0.4, 0.5) is 4.39 Å². The van der Waals surface area contributed by atoms with Crippen molar-refractivity contribution in [3.8, 4) is 16.2 Å². The van der Waals surface area contributed by atoms with Crippen molar-refractivity contribution in [3.63, 3.8) is 0 Å². The van der Waals surface area contributed by atoms with Crippen molar-refractivity contribution in [3.05, 3.63) is 40.5 Å². The summed E-state index contributed by atoms with van der Waals surface area (Å²) in [4.78, 5) is 25.1. The van der Waals surface area contributed by atoms with Gasteiger partial charge in [-0.3, -0.25) is 9.59 Å². The number of Topliss-reactive ketones (excluding diaryl/α,β-unsaturated/α-hetero) is 1. The van der Waals surface area contributed by atoms with Crippen LogP contribution in [-0.4, -0.2) is 37.6 Å². The molecule has 2 atom stereocenters. The van der Waals surface area contributed by atoms with E-state index in [9.17, 15) is 14.0 Å². The average Bonchev–Trinajstić information content (AvgIpc) is 3.38. The van der Waals surface area contributed by atoms with Gasteiger partial charge in [0.1, 0.15) is 17.7 Å². The number of fused-ring (bicyclic) bond motifs is 1. The van der Waals surface area contributed by atoms with Crippen molar-refractivity contribution < 1.29 is 23.5 Å². The van der Waals surface area contributed by atoms with Crippen molar-refractivity contribution in [2.24, 2.45) is 5.92 Å². The topological polar surface area (TPSA) is 64.6 Å². The van der Waals surface area contributed by atoms with Gasteiger partial charge in [0.05, 0.1) is 23.9 Å². The number of nitrogens with one attached hydrogen (secondary N) is 1. The predicted molar refractivity (Wildman–Crippen MR) is 99.8 cm³/mol. The van der Waals surface area contributed by atoms with Crippen molar-refractivity contribution in [2.45, 2.75) is 25.9 Å². The molecule has 1 N–H and O–H groups in total. The summed E-state index contributed by atoms with van der Waals surface area (Å²) in [5.41, 5.74) is 1.44. The molecule has 0 bridgehead atoms. The maximum absolute atomic E-state index is 14.1. The smallest absolute Gasteiger partial charge is 0.225 e. The first-order chi connectivity index (χ1) is 13.0. The van der Waals surface area contributed by atoms with E-state index in [0.29, 0.717) is 42.4 Å². The van der Waals surface area contributed by atoms with Gasteiger partial charge >= 0.3 is 0 Å². The lowest BCUT2D eigenvalue weighted by Crippen LogP contribution is -2.38. The van der Waals surface area contributed by atoms with E-state index in [1.807, 2.05) is 6.07 Å². The minimum absolute atomic E-state index is 0.0169. The van der Waals surface area contributed by atoms with E-state index >= 15 is 0 Å².